The van der Waals surface area contributed by atoms with Crippen LogP contribution in [0.4, 0.5) is 4.79 Å². The van der Waals surface area contributed by atoms with Crippen LogP contribution < -0.4 is 10.1 Å². The van der Waals surface area contributed by atoms with Gasteiger partial charge in [0, 0.05) is 7.05 Å². The Kier molecular flexibility index (Phi) is 5.04. The largest absolute Gasteiger partial charge is 0.488 e. The van der Waals surface area contributed by atoms with E-state index in [4.69, 9.17) is 4.74 Å². The van der Waals surface area contributed by atoms with Gasteiger partial charge in [0.1, 0.15) is 18.1 Å². The Labute approximate surface area is 176 Å². The SMILES string of the molecule is CN1C(=O)NC(=Cc2ccc(OCc3cccc4ccccc34)c(I)c2)C1=O. The molecule has 6 heteroatoms. The van der Waals surface area contributed by atoms with Gasteiger partial charge in [-0.3, -0.25) is 9.69 Å². The van der Waals surface area contributed by atoms with Crippen molar-refractivity contribution < 1.29 is 14.3 Å². The summed E-state index contributed by atoms with van der Waals surface area (Å²) in [5, 5.41) is 4.93. The van der Waals surface area contributed by atoms with E-state index in [9.17, 15) is 9.59 Å². The molecule has 0 aliphatic carbocycles. The number of fused-ring (bicyclic) bond motifs is 1. The maximum Gasteiger partial charge on any atom is 0.328 e. The molecule has 1 aliphatic rings. The van der Waals surface area contributed by atoms with Gasteiger partial charge in [0.2, 0.25) is 0 Å². The molecule has 0 unspecified atom stereocenters. The lowest BCUT2D eigenvalue weighted by atomic mass is 10.1. The second kappa shape index (κ2) is 7.63. The van der Waals surface area contributed by atoms with Crippen molar-refractivity contribution in [3.8, 4) is 5.75 Å². The third-order valence-corrected chi connectivity index (χ3v) is 5.45. The molecule has 3 amide bonds. The van der Waals surface area contributed by atoms with Gasteiger partial charge in [-0.15, -0.1) is 0 Å². The van der Waals surface area contributed by atoms with Crippen molar-refractivity contribution in [2.75, 3.05) is 7.05 Å². The zero-order valence-corrected chi connectivity index (χ0v) is 17.3. The van der Waals surface area contributed by atoms with Crippen LogP contribution in [0.15, 0.2) is 66.4 Å². The first-order chi connectivity index (χ1) is 13.5. The standard InChI is InChI=1S/C22H17IN2O3/c1-25-21(26)19(24-22(25)27)12-14-9-10-20(18(23)11-14)28-13-16-7-4-6-15-5-2-3-8-17(15)16/h2-12H,13H2,1H3,(H,24,27). The van der Waals surface area contributed by atoms with Crippen molar-refractivity contribution in [3.05, 3.63) is 81.1 Å². The highest BCUT2D eigenvalue weighted by atomic mass is 127. The Balaban J connectivity index is 1.52. The summed E-state index contributed by atoms with van der Waals surface area (Å²) >= 11 is 2.21. The van der Waals surface area contributed by atoms with Crippen molar-refractivity contribution in [2.45, 2.75) is 6.61 Å². The summed E-state index contributed by atoms with van der Waals surface area (Å²) in [6.45, 7) is 0.469. The van der Waals surface area contributed by atoms with Crippen LogP contribution in [0.1, 0.15) is 11.1 Å². The molecule has 1 aliphatic heterocycles. The number of amides is 3. The lowest BCUT2D eigenvalue weighted by molar-refractivity contribution is -0.121. The maximum absolute atomic E-state index is 12.0. The maximum atomic E-state index is 12.0. The normalized spacial score (nSPS) is 15.4. The predicted octanol–water partition coefficient (Wildman–Crippen LogP) is 4.55. The molecule has 140 valence electrons. The third-order valence-electron chi connectivity index (χ3n) is 4.61. The molecule has 28 heavy (non-hydrogen) atoms. The first kappa shape index (κ1) is 18.5. The number of hydrogen-bond donors (Lipinski definition) is 1. The first-order valence-electron chi connectivity index (χ1n) is 8.72. The minimum atomic E-state index is -0.416. The van der Waals surface area contributed by atoms with Gasteiger partial charge in [0.25, 0.3) is 5.91 Å². The van der Waals surface area contributed by atoms with Gasteiger partial charge in [-0.25, -0.2) is 4.79 Å². The van der Waals surface area contributed by atoms with E-state index in [2.05, 4.69) is 52.2 Å². The van der Waals surface area contributed by atoms with Crippen LogP contribution >= 0.6 is 22.6 Å². The van der Waals surface area contributed by atoms with E-state index in [1.807, 2.05) is 36.4 Å². The average molecular weight is 484 g/mol. The lowest BCUT2D eigenvalue weighted by Gasteiger charge is -2.11. The van der Waals surface area contributed by atoms with Crippen molar-refractivity contribution in [1.82, 2.24) is 10.2 Å². The number of hydrogen-bond acceptors (Lipinski definition) is 3. The van der Waals surface area contributed by atoms with Crippen molar-refractivity contribution in [1.29, 1.82) is 0 Å². The number of likely N-dealkylation sites (N-methyl/N-ethyl adjacent to an activating group) is 1. The van der Waals surface area contributed by atoms with Gasteiger partial charge < -0.3 is 10.1 Å². The smallest absolute Gasteiger partial charge is 0.328 e. The second-order valence-corrected chi connectivity index (χ2v) is 7.63. The van der Waals surface area contributed by atoms with Crippen molar-refractivity contribution in [2.24, 2.45) is 0 Å². The fraction of sp³-hybridized carbons (Fsp3) is 0.0909. The van der Waals surface area contributed by atoms with E-state index in [1.165, 1.54) is 17.8 Å². The molecule has 3 aromatic rings. The van der Waals surface area contributed by atoms with Gasteiger partial charge in [0.15, 0.2) is 0 Å². The lowest BCUT2D eigenvalue weighted by Crippen LogP contribution is -2.25. The Hall–Kier alpha value is -2.87. The number of urea groups is 1. The monoisotopic (exact) mass is 484 g/mol. The molecule has 0 aromatic heterocycles. The van der Waals surface area contributed by atoms with E-state index in [-0.39, 0.29) is 11.6 Å². The first-order valence-corrected chi connectivity index (χ1v) is 9.80. The minimum absolute atomic E-state index is 0.271. The highest BCUT2D eigenvalue weighted by Gasteiger charge is 2.29. The number of imide groups is 1. The number of rotatable bonds is 4. The minimum Gasteiger partial charge on any atom is -0.488 e. The van der Waals surface area contributed by atoms with Gasteiger partial charge >= 0.3 is 6.03 Å². The Morgan fingerprint density at radius 3 is 2.61 bits per heavy atom. The highest BCUT2D eigenvalue weighted by molar-refractivity contribution is 14.1. The molecular weight excluding hydrogens is 467 g/mol. The van der Waals surface area contributed by atoms with Crippen LogP contribution in [-0.2, 0) is 11.4 Å². The topological polar surface area (TPSA) is 58.6 Å². The average Bonchev–Trinajstić information content (AvgIpc) is 2.94. The van der Waals surface area contributed by atoms with Gasteiger partial charge in [-0.2, -0.15) is 0 Å². The third kappa shape index (κ3) is 3.60. The molecule has 0 atom stereocenters. The molecule has 0 saturated carbocycles. The van der Waals surface area contributed by atoms with Crippen LogP contribution in [0.5, 0.6) is 5.75 Å². The fourth-order valence-electron chi connectivity index (χ4n) is 3.09. The molecule has 3 aromatic carbocycles. The molecule has 5 nitrogen and oxygen atoms in total. The van der Waals surface area contributed by atoms with E-state index in [1.54, 1.807) is 6.08 Å². The molecule has 1 heterocycles. The summed E-state index contributed by atoms with van der Waals surface area (Å²) in [4.78, 5) is 24.6. The Bertz CT molecular complexity index is 1120. The Morgan fingerprint density at radius 2 is 1.86 bits per heavy atom. The summed E-state index contributed by atoms with van der Waals surface area (Å²) in [7, 11) is 1.45. The van der Waals surface area contributed by atoms with Crippen LogP contribution in [-0.4, -0.2) is 23.9 Å². The number of halogens is 1. The molecule has 1 N–H and O–H groups in total. The molecule has 4 rings (SSSR count). The summed E-state index contributed by atoms with van der Waals surface area (Å²) in [6.07, 6.45) is 1.67. The van der Waals surface area contributed by atoms with Gasteiger partial charge in [-0.05, 0) is 62.7 Å². The quantitative estimate of drug-likeness (QED) is 0.336. The zero-order valence-electron chi connectivity index (χ0n) is 15.1. The predicted molar refractivity (Wildman–Crippen MR) is 117 cm³/mol. The van der Waals surface area contributed by atoms with E-state index in [0.29, 0.717) is 6.61 Å². The van der Waals surface area contributed by atoms with Crippen molar-refractivity contribution in [3.63, 3.8) is 0 Å². The van der Waals surface area contributed by atoms with Crippen LogP contribution in [0, 0.1) is 3.57 Å². The molecule has 0 spiro atoms. The van der Waals surface area contributed by atoms with Gasteiger partial charge in [-0.1, -0.05) is 48.5 Å². The van der Waals surface area contributed by atoms with Crippen molar-refractivity contribution >= 4 is 51.4 Å². The number of carbonyl (C=O) groups is 2. The van der Waals surface area contributed by atoms with Crippen LogP contribution in [0.25, 0.3) is 16.8 Å². The van der Waals surface area contributed by atoms with Crippen LogP contribution in [0.3, 0.4) is 0 Å². The highest BCUT2D eigenvalue weighted by Crippen LogP contribution is 2.26. The second-order valence-electron chi connectivity index (χ2n) is 6.47. The van der Waals surface area contributed by atoms with E-state index >= 15 is 0 Å². The number of ether oxygens (including phenoxy) is 1. The molecule has 1 fully saturated rings. The Morgan fingerprint density at radius 1 is 1.07 bits per heavy atom. The molecule has 0 bridgehead atoms. The summed E-state index contributed by atoms with van der Waals surface area (Å²) in [5.74, 6) is 0.436. The van der Waals surface area contributed by atoms with E-state index in [0.717, 1.165) is 25.3 Å². The molecular formula is C22H17IN2O3. The number of carbonyl (C=O) groups excluding carboxylic acids is 2. The number of nitrogens with zero attached hydrogens (tertiary/aromatic N) is 1. The summed E-state index contributed by atoms with van der Waals surface area (Å²) < 4.78 is 6.97. The summed E-state index contributed by atoms with van der Waals surface area (Å²) in [5.41, 5.74) is 2.22. The zero-order chi connectivity index (χ0) is 19.7. The molecule has 0 radical (unpaired) electrons. The van der Waals surface area contributed by atoms with Crippen LogP contribution in [0.2, 0.25) is 0 Å². The summed E-state index contributed by atoms with van der Waals surface area (Å²) in [6, 6.07) is 19.7. The number of nitrogens with one attached hydrogen (secondary N) is 1. The van der Waals surface area contributed by atoms with E-state index < -0.39 is 6.03 Å². The molecule has 1 saturated heterocycles. The van der Waals surface area contributed by atoms with Gasteiger partial charge in [0.05, 0.1) is 3.57 Å². The fourth-order valence-corrected chi connectivity index (χ4v) is 3.78. The number of benzene rings is 3.